The van der Waals surface area contributed by atoms with E-state index in [0.717, 1.165) is 0 Å². The molecule has 134 valence electrons. The number of sulfone groups is 1. The topological polar surface area (TPSA) is 56.1 Å². The molecule has 0 aliphatic carbocycles. The molecule has 4 nitrogen and oxygen atoms in total. The number of hydrogen-bond donors (Lipinski definition) is 0. The smallest absolute Gasteiger partial charge is 0.212 e. The van der Waals surface area contributed by atoms with Gasteiger partial charge in [-0.3, -0.25) is 4.79 Å². The average molecular weight is 375 g/mol. The molecule has 0 bridgehead atoms. The Hall–Kier alpha value is -3.18. The zero-order valence-corrected chi connectivity index (χ0v) is 15.5. The van der Waals surface area contributed by atoms with Crippen LogP contribution in [0.15, 0.2) is 99.5 Å². The molecule has 27 heavy (non-hydrogen) atoms. The normalized spacial score (nSPS) is 11.6. The number of hydrogen-bond acceptors (Lipinski definition) is 3. The van der Waals surface area contributed by atoms with Crippen LogP contribution in [-0.4, -0.2) is 13.0 Å². The lowest BCUT2D eigenvalue weighted by Gasteiger charge is -2.17. The summed E-state index contributed by atoms with van der Waals surface area (Å²) in [7, 11) is -2.21. The van der Waals surface area contributed by atoms with E-state index in [1.165, 1.54) is 12.1 Å². The van der Waals surface area contributed by atoms with Crippen LogP contribution in [0.4, 0.5) is 0 Å². The van der Waals surface area contributed by atoms with Gasteiger partial charge in [-0.2, -0.15) is 0 Å². The zero-order valence-electron chi connectivity index (χ0n) is 14.7. The van der Waals surface area contributed by atoms with Crippen LogP contribution >= 0.6 is 0 Å². The molecule has 0 aliphatic heterocycles. The molecule has 0 saturated carbocycles. The third kappa shape index (κ3) is 2.76. The molecule has 5 heteroatoms. The fourth-order valence-electron chi connectivity index (χ4n) is 3.35. The number of pyridine rings is 1. The van der Waals surface area contributed by atoms with Gasteiger partial charge in [-0.15, -0.1) is 0 Å². The standard InChI is InChI=1S/C22H17NO3S/c1-23-19-15-9-8-14-18(19)21(24)22(20(23)16-10-4-2-5-11-16)27(25,26)17-12-6-3-7-13-17/h2-15H,1H3. The third-order valence-corrected chi connectivity index (χ3v) is 6.45. The van der Waals surface area contributed by atoms with Crippen LogP contribution in [0.1, 0.15) is 0 Å². The highest BCUT2D eigenvalue weighted by Crippen LogP contribution is 2.31. The van der Waals surface area contributed by atoms with Crippen molar-refractivity contribution in [3.63, 3.8) is 0 Å². The molecule has 0 unspecified atom stereocenters. The molecule has 0 amide bonds. The van der Waals surface area contributed by atoms with Crippen molar-refractivity contribution in [2.24, 2.45) is 7.05 Å². The van der Waals surface area contributed by atoms with Gasteiger partial charge >= 0.3 is 0 Å². The van der Waals surface area contributed by atoms with Crippen molar-refractivity contribution in [2.75, 3.05) is 0 Å². The number of aromatic nitrogens is 1. The molecular formula is C22H17NO3S. The van der Waals surface area contributed by atoms with Crippen molar-refractivity contribution in [3.8, 4) is 11.3 Å². The molecule has 4 aromatic rings. The lowest BCUT2D eigenvalue weighted by Crippen LogP contribution is -2.21. The number of para-hydroxylation sites is 1. The van der Waals surface area contributed by atoms with Crippen molar-refractivity contribution in [2.45, 2.75) is 9.79 Å². The Kier molecular flexibility index (Phi) is 4.16. The Bertz CT molecular complexity index is 1290. The summed E-state index contributed by atoms with van der Waals surface area (Å²) in [6.45, 7) is 0. The molecule has 0 aliphatic rings. The number of rotatable bonds is 3. The van der Waals surface area contributed by atoms with E-state index in [1.807, 2.05) is 42.5 Å². The molecule has 0 saturated heterocycles. The molecule has 0 N–H and O–H groups in total. The van der Waals surface area contributed by atoms with E-state index in [4.69, 9.17) is 0 Å². The Morgan fingerprint density at radius 2 is 1.30 bits per heavy atom. The van der Waals surface area contributed by atoms with Gasteiger partial charge in [0.05, 0.1) is 16.1 Å². The van der Waals surface area contributed by atoms with Gasteiger partial charge in [-0.05, 0) is 29.8 Å². The SMILES string of the molecule is Cn1c(-c2ccccc2)c(S(=O)(=O)c2ccccc2)c(=O)c2ccccc21. The van der Waals surface area contributed by atoms with E-state index in [9.17, 15) is 13.2 Å². The lowest BCUT2D eigenvalue weighted by molar-refractivity contribution is 0.595. The second-order valence-corrected chi connectivity index (χ2v) is 8.15. The fourth-order valence-corrected chi connectivity index (χ4v) is 4.96. The zero-order chi connectivity index (χ0) is 19.0. The quantitative estimate of drug-likeness (QED) is 0.543. The Labute approximate surface area is 157 Å². The number of fused-ring (bicyclic) bond motifs is 1. The first kappa shape index (κ1) is 17.2. The summed E-state index contributed by atoms with van der Waals surface area (Å²) in [4.78, 5) is 13.2. The van der Waals surface area contributed by atoms with E-state index in [1.54, 1.807) is 41.9 Å². The van der Waals surface area contributed by atoms with Crippen LogP contribution in [-0.2, 0) is 16.9 Å². The highest BCUT2D eigenvalue weighted by molar-refractivity contribution is 7.91. The number of benzene rings is 3. The first-order chi connectivity index (χ1) is 13.0. The minimum absolute atomic E-state index is 0.106. The van der Waals surface area contributed by atoms with Crippen LogP contribution in [0, 0.1) is 0 Å². The number of nitrogens with zero attached hydrogens (tertiary/aromatic N) is 1. The first-order valence-electron chi connectivity index (χ1n) is 8.49. The predicted octanol–water partition coefficient (Wildman–Crippen LogP) is 4.04. The maximum Gasteiger partial charge on any atom is 0.212 e. The summed E-state index contributed by atoms with van der Waals surface area (Å²) in [5, 5.41) is 0.384. The minimum atomic E-state index is -4.00. The van der Waals surface area contributed by atoms with Gasteiger partial charge in [-0.1, -0.05) is 60.7 Å². The number of aryl methyl sites for hydroxylation is 1. The average Bonchev–Trinajstić information content (AvgIpc) is 2.71. The van der Waals surface area contributed by atoms with Crippen molar-refractivity contribution >= 4 is 20.7 Å². The highest BCUT2D eigenvalue weighted by atomic mass is 32.2. The summed E-state index contributed by atoms with van der Waals surface area (Å²) in [6.07, 6.45) is 0. The molecule has 0 atom stereocenters. The lowest BCUT2D eigenvalue weighted by atomic mass is 10.1. The Morgan fingerprint density at radius 3 is 1.96 bits per heavy atom. The van der Waals surface area contributed by atoms with Gasteiger partial charge < -0.3 is 4.57 Å². The van der Waals surface area contributed by atoms with Crippen LogP contribution in [0.5, 0.6) is 0 Å². The third-order valence-electron chi connectivity index (χ3n) is 4.64. The molecular weight excluding hydrogens is 358 g/mol. The van der Waals surface area contributed by atoms with Gasteiger partial charge in [0.1, 0.15) is 4.90 Å². The van der Waals surface area contributed by atoms with Gasteiger partial charge in [0.15, 0.2) is 0 Å². The summed E-state index contributed by atoms with van der Waals surface area (Å²) < 4.78 is 28.6. The molecule has 0 fully saturated rings. The molecule has 4 rings (SSSR count). The van der Waals surface area contributed by atoms with Crippen LogP contribution in [0.25, 0.3) is 22.2 Å². The first-order valence-corrected chi connectivity index (χ1v) is 9.97. The molecule has 3 aromatic carbocycles. The van der Waals surface area contributed by atoms with E-state index >= 15 is 0 Å². The minimum Gasteiger partial charge on any atom is -0.342 e. The van der Waals surface area contributed by atoms with Gasteiger partial charge in [0.25, 0.3) is 0 Å². The Balaban J connectivity index is 2.21. The van der Waals surface area contributed by atoms with E-state index < -0.39 is 15.3 Å². The van der Waals surface area contributed by atoms with Crippen molar-refractivity contribution in [1.29, 1.82) is 0 Å². The van der Waals surface area contributed by atoms with Crippen molar-refractivity contribution in [1.82, 2.24) is 4.57 Å². The molecule has 0 spiro atoms. The summed E-state index contributed by atoms with van der Waals surface area (Å²) >= 11 is 0. The van der Waals surface area contributed by atoms with E-state index in [0.29, 0.717) is 22.2 Å². The summed E-state index contributed by atoms with van der Waals surface area (Å²) in [6, 6.07) is 24.3. The second kappa shape index (κ2) is 6.52. The van der Waals surface area contributed by atoms with E-state index in [-0.39, 0.29) is 9.79 Å². The van der Waals surface area contributed by atoms with E-state index in [2.05, 4.69) is 0 Å². The maximum absolute atomic E-state index is 13.4. The molecule has 1 aromatic heterocycles. The van der Waals surface area contributed by atoms with Crippen molar-refractivity contribution < 1.29 is 8.42 Å². The molecule has 0 radical (unpaired) electrons. The fraction of sp³-hybridized carbons (Fsp3) is 0.0455. The second-order valence-electron chi connectivity index (χ2n) is 6.27. The maximum atomic E-state index is 13.4. The largest absolute Gasteiger partial charge is 0.342 e. The van der Waals surface area contributed by atoms with Crippen LogP contribution in [0.2, 0.25) is 0 Å². The van der Waals surface area contributed by atoms with Crippen molar-refractivity contribution in [3.05, 3.63) is 95.2 Å². The highest BCUT2D eigenvalue weighted by Gasteiger charge is 2.28. The monoisotopic (exact) mass is 375 g/mol. The van der Waals surface area contributed by atoms with Gasteiger partial charge in [0, 0.05) is 12.4 Å². The Morgan fingerprint density at radius 1 is 0.741 bits per heavy atom. The summed E-state index contributed by atoms with van der Waals surface area (Å²) in [5.74, 6) is 0. The van der Waals surface area contributed by atoms with Gasteiger partial charge in [0.2, 0.25) is 15.3 Å². The predicted molar refractivity (Wildman–Crippen MR) is 107 cm³/mol. The van der Waals surface area contributed by atoms with Crippen LogP contribution in [0.3, 0.4) is 0 Å². The molecule has 1 heterocycles. The van der Waals surface area contributed by atoms with Gasteiger partial charge in [-0.25, -0.2) is 8.42 Å². The van der Waals surface area contributed by atoms with Crippen LogP contribution < -0.4 is 5.43 Å². The summed E-state index contributed by atoms with van der Waals surface area (Å²) in [5.41, 5.74) is 1.28.